The highest BCUT2D eigenvalue weighted by atomic mass is 31.2. The second-order valence-corrected chi connectivity index (χ2v) is 9.28. The molecule has 3 atom stereocenters. The van der Waals surface area contributed by atoms with Gasteiger partial charge < -0.3 is 9.05 Å². The Hall–Kier alpha value is 0.150. The van der Waals surface area contributed by atoms with Crippen LogP contribution in [0.25, 0.3) is 0 Å². The minimum absolute atomic E-state index is 0.0127. The van der Waals surface area contributed by atoms with Crippen LogP contribution in [0, 0.1) is 5.41 Å². The Labute approximate surface area is 111 Å². The van der Waals surface area contributed by atoms with Gasteiger partial charge in [-0.25, -0.2) is 0 Å². The summed E-state index contributed by atoms with van der Waals surface area (Å²) in [6.07, 6.45) is 7.89. The summed E-state index contributed by atoms with van der Waals surface area (Å²) in [6.45, 7) is 6.57. The first-order valence-corrected chi connectivity index (χ1v) is 8.73. The largest absolute Gasteiger partial charge is 0.337 e. The predicted molar refractivity (Wildman–Crippen MR) is 74.0 cm³/mol. The van der Waals surface area contributed by atoms with Gasteiger partial charge in [0.1, 0.15) is 0 Å². The molecule has 3 fully saturated rings. The number of rotatable bonds is 1. The van der Waals surface area contributed by atoms with Gasteiger partial charge in [0.15, 0.2) is 0 Å². The Morgan fingerprint density at radius 2 is 1.83 bits per heavy atom. The van der Waals surface area contributed by atoms with Crippen molar-refractivity contribution in [2.45, 2.75) is 77.0 Å². The number of hydrogen-bond acceptors (Lipinski definition) is 3. The monoisotopic (exact) mass is 274 g/mol. The fourth-order valence-corrected chi connectivity index (χ4v) is 6.14. The van der Waals surface area contributed by atoms with Crippen molar-refractivity contribution in [3.05, 3.63) is 0 Å². The molecule has 2 heterocycles. The molecular weight excluding hydrogens is 247 g/mol. The van der Waals surface area contributed by atoms with Crippen molar-refractivity contribution in [1.82, 2.24) is 0 Å². The van der Waals surface area contributed by atoms with E-state index < -0.39 is 7.60 Å². The van der Waals surface area contributed by atoms with E-state index in [-0.39, 0.29) is 16.7 Å². The molecule has 0 spiro atoms. The van der Waals surface area contributed by atoms with Gasteiger partial charge in [-0.15, -0.1) is 0 Å². The van der Waals surface area contributed by atoms with Crippen LogP contribution in [-0.4, -0.2) is 18.4 Å². The topological polar surface area (TPSA) is 35.5 Å². The maximum absolute atomic E-state index is 13.1. The minimum atomic E-state index is -3.01. The van der Waals surface area contributed by atoms with Crippen molar-refractivity contribution < 1.29 is 13.6 Å². The highest BCUT2D eigenvalue weighted by Gasteiger charge is 2.60. The molecule has 2 bridgehead atoms. The molecule has 0 aromatic carbocycles. The molecule has 3 aliphatic rings. The van der Waals surface area contributed by atoms with Crippen LogP contribution >= 0.6 is 7.60 Å². The lowest BCUT2D eigenvalue weighted by Crippen LogP contribution is -2.49. The smallest absolute Gasteiger partial charge is 0.312 e. The molecule has 3 unspecified atom stereocenters. The van der Waals surface area contributed by atoms with E-state index >= 15 is 0 Å². The van der Waals surface area contributed by atoms with E-state index in [1.807, 2.05) is 0 Å². The van der Waals surface area contributed by atoms with E-state index in [1.54, 1.807) is 7.11 Å². The van der Waals surface area contributed by atoms with Gasteiger partial charge in [0.05, 0.1) is 11.3 Å². The van der Waals surface area contributed by atoms with E-state index in [4.69, 9.17) is 9.05 Å². The summed E-state index contributed by atoms with van der Waals surface area (Å²) in [6, 6.07) is 0. The summed E-state index contributed by atoms with van der Waals surface area (Å²) in [5.74, 6) is 0. The Bertz CT molecular complexity index is 353. The lowest BCUT2D eigenvalue weighted by molar-refractivity contribution is 0.0211. The van der Waals surface area contributed by atoms with Gasteiger partial charge in [-0.2, -0.15) is 0 Å². The van der Waals surface area contributed by atoms with Crippen LogP contribution in [0.1, 0.15) is 65.7 Å². The average Bonchev–Trinajstić information content (AvgIpc) is 2.30. The van der Waals surface area contributed by atoms with E-state index in [2.05, 4.69) is 20.8 Å². The van der Waals surface area contributed by atoms with E-state index in [0.717, 1.165) is 25.7 Å². The van der Waals surface area contributed by atoms with Crippen LogP contribution in [0.3, 0.4) is 0 Å². The molecule has 0 amide bonds. The van der Waals surface area contributed by atoms with E-state index in [0.29, 0.717) is 0 Å². The van der Waals surface area contributed by atoms with Crippen LogP contribution in [0.15, 0.2) is 0 Å². The summed E-state index contributed by atoms with van der Waals surface area (Å²) < 4.78 is 24.5. The third-order valence-electron chi connectivity index (χ3n) is 5.27. The van der Waals surface area contributed by atoms with Gasteiger partial charge in [0, 0.05) is 7.11 Å². The second-order valence-electron chi connectivity index (χ2n) is 6.72. The standard InChI is InChI=1S/C14H27O3P/c1-13(2)11-12-9-7-5-6-8-10-14(13,3)18(15,16-4)17-12/h12H,5-11H2,1-4H3. The predicted octanol–water partition coefficient (Wildman–Crippen LogP) is 4.75. The summed E-state index contributed by atoms with van der Waals surface area (Å²) in [7, 11) is -1.46. The third kappa shape index (κ3) is 2.19. The molecule has 2 saturated heterocycles. The fourth-order valence-electron chi connectivity index (χ4n) is 3.58. The van der Waals surface area contributed by atoms with Gasteiger partial charge >= 0.3 is 7.60 Å². The second kappa shape index (κ2) is 4.92. The van der Waals surface area contributed by atoms with Gasteiger partial charge in [-0.3, -0.25) is 4.57 Å². The van der Waals surface area contributed by atoms with E-state index in [9.17, 15) is 4.57 Å². The van der Waals surface area contributed by atoms with Gasteiger partial charge in [0.25, 0.3) is 0 Å². The molecule has 4 heteroatoms. The Morgan fingerprint density at radius 3 is 2.50 bits per heavy atom. The molecule has 0 aromatic rings. The Morgan fingerprint density at radius 1 is 1.17 bits per heavy atom. The normalized spacial score (nSPS) is 44.8. The lowest BCUT2D eigenvalue weighted by atomic mass is 9.71. The Balaban J connectivity index is 2.41. The van der Waals surface area contributed by atoms with Crippen LogP contribution in [0.4, 0.5) is 0 Å². The maximum Gasteiger partial charge on any atom is 0.337 e. The summed E-state index contributed by atoms with van der Waals surface area (Å²) in [5.41, 5.74) is 0.0127. The van der Waals surface area contributed by atoms with Crippen LogP contribution in [0.5, 0.6) is 0 Å². The van der Waals surface area contributed by atoms with Gasteiger partial charge in [-0.05, 0) is 31.6 Å². The molecule has 1 aliphatic carbocycles. The zero-order chi connectivity index (χ0) is 13.4. The first kappa shape index (κ1) is 14.6. The fraction of sp³-hybridized carbons (Fsp3) is 1.00. The molecule has 0 N–H and O–H groups in total. The Kier molecular flexibility index (Phi) is 3.98. The molecule has 3 rings (SSSR count). The third-order valence-corrected chi connectivity index (χ3v) is 8.36. The summed E-state index contributed by atoms with van der Waals surface area (Å²) >= 11 is 0. The molecule has 2 aliphatic heterocycles. The zero-order valence-corrected chi connectivity index (χ0v) is 13.1. The highest BCUT2D eigenvalue weighted by Crippen LogP contribution is 2.72. The molecule has 3 nitrogen and oxygen atoms in total. The number of hydrogen-bond donors (Lipinski definition) is 0. The molecule has 106 valence electrons. The average molecular weight is 274 g/mol. The SMILES string of the molecule is COP1(=O)OC2CCCCCCC1(C)C(C)(C)C2. The van der Waals surface area contributed by atoms with Crippen molar-refractivity contribution in [2.75, 3.05) is 7.11 Å². The molecule has 1 saturated carbocycles. The van der Waals surface area contributed by atoms with Crippen LogP contribution in [0.2, 0.25) is 0 Å². The zero-order valence-electron chi connectivity index (χ0n) is 12.2. The molecule has 18 heavy (non-hydrogen) atoms. The summed E-state index contributed by atoms with van der Waals surface area (Å²) in [4.78, 5) is 0. The van der Waals surface area contributed by atoms with Crippen molar-refractivity contribution in [3.63, 3.8) is 0 Å². The lowest BCUT2D eigenvalue weighted by Gasteiger charge is -2.53. The number of fused-ring (bicyclic) bond motifs is 7. The maximum atomic E-state index is 13.1. The summed E-state index contributed by atoms with van der Waals surface area (Å²) in [5, 5.41) is -0.345. The van der Waals surface area contributed by atoms with Crippen molar-refractivity contribution in [1.29, 1.82) is 0 Å². The highest BCUT2D eigenvalue weighted by molar-refractivity contribution is 7.55. The molecule has 0 aromatic heterocycles. The van der Waals surface area contributed by atoms with Crippen molar-refractivity contribution >= 4 is 7.60 Å². The van der Waals surface area contributed by atoms with Gasteiger partial charge in [0.2, 0.25) is 0 Å². The minimum Gasteiger partial charge on any atom is -0.312 e. The van der Waals surface area contributed by atoms with Crippen LogP contribution in [-0.2, 0) is 13.6 Å². The first-order chi connectivity index (χ1) is 8.35. The first-order valence-electron chi connectivity index (χ1n) is 7.19. The molecular formula is C14H27O3P. The van der Waals surface area contributed by atoms with Crippen molar-refractivity contribution in [2.24, 2.45) is 5.41 Å². The molecule has 0 radical (unpaired) electrons. The van der Waals surface area contributed by atoms with Crippen LogP contribution < -0.4 is 0 Å². The van der Waals surface area contributed by atoms with E-state index in [1.165, 1.54) is 19.3 Å². The quantitative estimate of drug-likeness (QED) is 0.647. The van der Waals surface area contributed by atoms with Gasteiger partial charge in [-0.1, -0.05) is 39.5 Å². The van der Waals surface area contributed by atoms with Crippen molar-refractivity contribution in [3.8, 4) is 0 Å².